The summed E-state index contributed by atoms with van der Waals surface area (Å²) < 4.78 is 10.7. The second kappa shape index (κ2) is 4.26. The van der Waals surface area contributed by atoms with E-state index >= 15 is 0 Å². The Morgan fingerprint density at radius 2 is 1.60 bits per heavy atom. The van der Waals surface area contributed by atoms with E-state index in [1.165, 1.54) is 12.5 Å². The van der Waals surface area contributed by atoms with E-state index in [1.54, 1.807) is 24.3 Å². The Labute approximate surface area is 113 Å². The molecule has 20 heavy (non-hydrogen) atoms. The average Bonchev–Trinajstić information content (AvgIpc) is 2.98. The molecule has 0 spiro atoms. The Bertz CT molecular complexity index is 590. The normalized spacial score (nSPS) is 24.0. The standard InChI is InChI=1S/C14H12O6/c15-12(16)8-7-14(11(8)13(17)18,9-3-1-5-19-9)10-4-2-6-20-10/h1-6,8,11H,7H2,(H,15,16)(H,17,18). The van der Waals surface area contributed by atoms with Crippen molar-refractivity contribution in [3.63, 3.8) is 0 Å². The molecular weight excluding hydrogens is 264 g/mol. The van der Waals surface area contributed by atoms with Crippen LogP contribution in [0.1, 0.15) is 17.9 Å². The minimum Gasteiger partial charge on any atom is -0.481 e. The summed E-state index contributed by atoms with van der Waals surface area (Å²) in [6.45, 7) is 0. The van der Waals surface area contributed by atoms with Crippen molar-refractivity contribution in [1.29, 1.82) is 0 Å². The Balaban J connectivity index is 2.14. The molecule has 0 aromatic carbocycles. The number of hydrogen-bond donors (Lipinski definition) is 2. The Kier molecular flexibility index (Phi) is 2.67. The number of carboxylic acids is 2. The summed E-state index contributed by atoms with van der Waals surface area (Å²) in [5.74, 6) is -3.53. The third kappa shape index (κ3) is 1.51. The van der Waals surface area contributed by atoms with Crippen LogP contribution in [0.15, 0.2) is 45.6 Å². The van der Waals surface area contributed by atoms with Gasteiger partial charge in [-0.25, -0.2) is 0 Å². The highest BCUT2D eigenvalue weighted by molar-refractivity contribution is 5.85. The van der Waals surface area contributed by atoms with Crippen LogP contribution >= 0.6 is 0 Å². The summed E-state index contributed by atoms with van der Waals surface area (Å²) in [5.41, 5.74) is -1.05. The molecule has 3 rings (SSSR count). The maximum atomic E-state index is 11.6. The van der Waals surface area contributed by atoms with Crippen molar-refractivity contribution < 1.29 is 28.6 Å². The fourth-order valence-corrected chi connectivity index (χ4v) is 3.08. The first-order valence-electron chi connectivity index (χ1n) is 6.11. The largest absolute Gasteiger partial charge is 0.481 e. The molecule has 0 aliphatic heterocycles. The highest BCUT2D eigenvalue weighted by Gasteiger charge is 2.65. The van der Waals surface area contributed by atoms with Gasteiger partial charge in [0.2, 0.25) is 0 Å². The molecule has 0 saturated heterocycles. The van der Waals surface area contributed by atoms with Crippen LogP contribution in [0, 0.1) is 11.8 Å². The van der Waals surface area contributed by atoms with Crippen LogP contribution < -0.4 is 0 Å². The van der Waals surface area contributed by atoms with Gasteiger partial charge in [0.25, 0.3) is 0 Å². The van der Waals surface area contributed by atoms with Gasteiger partial charge >= 0.3 is 11.9 Å². The number of hydrogen-bond acceptors (Lipinski definition) is 4. The smallest absolute Gasteiger partial charge is 0.308 e. The average molecular weight is 276 g/mol. The van der Waals surface area contributed by atoms with Crippen LogP contribution in [0.5, 0.6) is 0 Å². The van der Waals surface area contributed by atoms with Crippen molar-refractivity contribution >= 4 is 11.9 Å². The number of furan rings is 2. The van der Waals surface area contributed by atoms with E-state index in [4.69, 9.17) is 13.9 Å². The molecule has 2 heterocycles. The second-order valence-corrected chi connectivity index (χ2v) is 4.89. The van der Waals surface area contributed by atoms with E-state index in [1.807, 2.05) is 0 Å². The van der Waals surface area contributed by atoms with Crippen molar-refractivity contribution in [1.82, 2.24) is 0 Å². The van der Waals surface area contributed by atoms with Crippen molar-refractivity contribution in [2.75, 3.05) is 0 Å². The summed E-state index contributed by atoms with van der Waals surface area (Å²) in [6, 6.07) is 6.59. The summed E-state index contributed by atoms with van der Waals surface area (Å²) in [5, 5.41) is 18.6. The Hall–Kier alpha value is -2.50. The molecule has 2 N–H and O–H groups in total. The molecule has 1 aliphatic rings. The Morgan fingerprint density at radius 3 is 1.95 bits per heavy atom. The fraction of sp³-hybridized carbons (Fsp3) is 0.286. The first kappa shape index (κ1) is 12.5. The molecule has 2 atom stereocenters. The van der Waals surface area contributed by atoms with E-state index in [9.17, 15) is 14.7 Å². The van der Waals surface area contributed by atoms with Crippen LogP contribution in [0.2, 0.25) is 0 Å². The van der Waals surface area contributed by atoms with E-state index in [0.717, 1.165) is 0 Å². The van der Waals surface area contributed by atoms with Gasteiger partial charge in [-0.15, -0.1) is 0 Å². The van der Waals surface area contributed by atoms with Gasteiger partial charge in [-0.1, -0.05) is 0 Å². The summed E-state index contributed by atoms with van der Waals surface area (Å²) in [4.78, 5) is 22.8. The van der Waals surface area contributed by atoms with E-state index in [0.29, 0.717) is 11.5 Å². The van der Waals surface area contributed by atoms with Crippen molar-refractivity contribution in [3.05, 3.63) is 48.3 Å². The van der Waals surface area contributed by atoms with Crippen LogP contribution in [-0.4, -0.2) is 22.2 Å². The van der Waals surface area contributed by atoms with Crippen LogP contribution in [0.25, 0.3) is 0 Å². The molecule has 104 valence electrons. The predicted molar refractivity (Wildman–Crippen MR) is 65.1 cm³/mol. The zero-order valence-electron chi connectivity index (χ0n) is 10.4. The van der Waals surface area contributed by atoms with Gasteiger partial charge in [0, 0.05) is 0 Å². The van der Waals surface area contributed by atoms with Crippen molar-refractivity contribution in [3.8, 4) is 0 Å². The lowest BCUT2D eigenvalue weighted by Gasteiger charge is -2.48. The third-order valence-corrected chi connectivity index (χ3v) is 3.98. The first-order valence-corrected chi connectivity index (χ1v) is 6.11. The van der Waals surface area contributed by atoms with Gasteiger partial charge in [-0.2, -0.15) is 0 Å². The molecule has 1 fully saturated rings. The highest BCUT2D eigenvalue weighted by Crippen LogP contribution is 2.57. The van der Waals surface area contributed by atoms with Crippen LogP contribution in [0.4, 0.5) is 0 Å². The molecule has 1 aliphatic carbocycles. The molecule has 2 unspecified atom stereocenters. The second-order valence-electron chi connectivity index (χ2n) is 4.89. The maximum Gasteiger partial charge on any atom is 0.308 e. The molecular formula is C14H12O6. The lowest BCUT2D eigenvalue weighted by Crippen LogP contribution is -2.58. The predicted octanol–water partition coefficient (Wildman–Crippen LogP) is 1.96. The topological polar surface area (TPSA) is 101 Å². The molecule has 0 radical (unpaired) electrons. The lowest BCUT2D eigenvalue weighted by molar-refractivity contribution is -0.168. The summed E-state index contributed by atoms with van der Waals surface area (Å²) >= 11 is 0. The monoisotopic (exact) mass is 276 g/mol. The van der Waals surface area contributed by atoms with Crippen molar-refractivity contribution in [2.45, 2.75) is 11.8 Å². The molecule has 0 bridgehead atoms. The third-order valence-electron chi connectivity index (χ3n) is 3.98. The van der Waals surface area contributed by atoms with Gasteiger partial charge in [0.15, 0.2) is 0 Å². The zero-order chi connectivity index (χ0) is 14.3. The van der Waals surface area contributed by atoms with Gasteiger partial charge in [0.05, 0.1) is 24.4 Å². The molecule has 6 heteroatoms. The van der Waals surface area contributed by atoms with Gasteiger partial charge in [0.1, 0.15) is 16.9 Å². The zero-order valence-corrected chi connectivity index (χ0v) is 10.4. The number of rotatable bonds is 4. The number of aliphatic carboxylic acids is 2. The molecule has 0 amide bonds. The maximum absolute atomic E-state index is 11.6. The lowest BCUT2D eigenvalue weighted by atomic mass is 9.51. The minimum absolute atomic E-state index is 0.139. The van der Waals surface area contributed by atoms with E-state index in [-0.39, 0.29) is 6.42 Å². The van der Waals surface area contributed by atoms with Gasteiger partial charge in [-0.3, -0.25) is 9.59 Å². The number of carboxylic acid groups (broad SMARTS) is 2. The SMILES string of the molecule is O=C(O)C1CC(c2ccco2)(c2ccco2)C1C(=O)O. The van der Waals surface area contributed by atoms with Gasteiger partial charge in [-0.05, 0) is 30.7 Å². The van der Waals surface area contributed by atoms with Gasteiger partial charge < -0.3 is 19.0 Å². The highest BCUT2D eigenvalue weighted by atomic mass is 16.4. The number of carbonyl (C=O) groups is 2. The Morgan fingerprint density at radius 1 is 1.05 bits per heavy atom. The summed E-state index contributed by atoms with van der Waals surface area (Å²) in [6.07, 6.45) is 3.01. The van der Waals surface area contributed by atoms with Crippen LogP contribution in [-0.2, 0) is 15.0 Å². The van der Waals surface area contributed by atoms with Crippen LogP contribution in [0.3, 0.4) is 0 Å². The van der Waals surface area contributed by atoms with E-state index < -0.39 is 29.2 Å². The summed E-state index contributed by atoms with van der Waals surface area (Å²) in [7, 11) is 0. The molecule has 2 aromatic heterocycles. The minimum atomic E-state index is -1.17. The molecule has 1 saturated carbocycles. The molecule has 2 aromatic rings. The first-order chi connectivity index (χ1) is 9.57. The van der Waals surface area contributed by atoms with Crippen molar-refractivity contribution in [2.24, 2.45) is 11.8 Å². The quantitative estimate of drug-likeness (QED) is 0.885. The molecule has 6 nitrogen and oxygen atoms in total. The van der Waals surface area contributed by atoms with E-state index in [2.05, 4.69) is 0 Å². The fourth-order valence-electron chi connectivity index (χ4n) is 3.08.